The van der Waals surface area contributed by atoms with Crippen molar-refractivity contribution in [3.05, 3.63) is 9.47 Å². The Labute approximate surface area is 79.7 Å². The lowest BCUT2D eigenvalue weighted by atomic mass is 10.5. The lowest BCUT2D eigenvalue weighted by Crippen LogP contribution is -1.96. The van der Waals surface area contributed by atoms with E-state index < -0.39 is 0 Å². The van der Waals surface area contributed by atoms with Crippen LogP contribution in [0, 0.1) is 5.92 Å². The summed E-state index contributed by atoms with van der Waals surface area (Å²) in [5.74, 6) is 0.799. The van der Waals surface area contributed by atoms with Gasteiger partial charge in [-0.25, -0.2) is 0 Å². The van der Waals surface area contributed by atoms with Crippen molar-refractivity contribution in [2.24, 2.45) is 5.92 Å². The molecule has 1 aromatic heterocycles. The van der Waals surface area contributed by atoms with Crippen LogP contribution in [-0.4, -0.2) is 16.8 Å². The SMILES string of the molecule is Clc1nnc(COCC2CC2)s1. The molecule has 2 rings (SSSR count). The third-order valence-corrected chi connectivity index (χ3v) is 2.71. The van der Waals surface area contributed by atoms with Crippen molar-refractivity contribution >= 4 is 22.9 Å². The van der Waals surface area contributed by atoms with Gasteiger partial charge in [-0.05, 0) is 30.4 Å². The van der Waals surface area contributed by atoms with Gasteiger partial charge in [-0.1, -0.05) is 11.3 Å². The average Bonchev–Trinajstić information content (AvgIpc) is 2.76. The summed E-state index contributed by atoms with van der Waals surface area (Å²) in [6, 6.07) is 0. The van der Waals surface area contributed by atoms with Crippen molar-refractivity contribution in [3.63, 3.8) is 0 Å². The lowest BCUT2D eigenvalue weighted by molar-refractivity contribution is 0.110. The summed E-state index contributed by atoms with van der Waals surface area (Å²) in [7, 11) is 0. The zero-order valence-corrected chi connectivity index (χ0v) is 8.07. The lowest BCUT2D eigenvalue weighted by Gasteiger charge is -1.97. The normalized spacial score (nSPS) is 16.8. The number of halogens is 1. The molecule has 0 atom stereocenters. The van der Waals surface area contributed by atoms with Gasteiger partial charge in [0.2, 0.25) is 4.47 Å². The Hall–Kier alpha value is -0.190. The smallest absolute Gasteiger partial charge is 0.207 e. The average molecular weight is 205 g/mol. The summed E-state index contributed by atoms with van der Waals surface area (Å²) >= 11 is 6.98. The predicted octanol–water partition coefficient (Wildman–Crippen LogP) is 2.12. The van der Waals surface area contributed by atoms with E-state index in [0.717, 1.165) is 17.5 Å². The largest absolute Gasteiger partial charge is 0.374 e. The Kier molecular flexibility index (Phi) is 2.58. The summed E-state index contributed by atoms with van der Waals surface area (Å²) in [6.45, 7) is 1.41. The first-order chi connectivity index (χ1) is 5.84. The molecule has 0 unspecified atom stereocenters. The maximum absolute atomic E-state index is 5.60. The van der Waals surface area contributed by atoms with Crippen LogP contribution in [0.25, 0.3) is 0 Å². The van der Waals surface area contributed by atoms with E-state index >= 15 is 0 Å². The van der Waals surface area contributed by atoms with Crippen LogP contribution in [0.15, 0.2) is 0 Å². The molecule has 0 spiro atoms. The summed E-state index contributed by atoms with van der Waals surface area (Å²) < 4.78 is 5.89. The van der Waals surface area contributed by atoms with Gasteiger partial charge in [-0.2, -0.15) is 0 Å². The first-order valence-corrected chi connectivity index (χ1v) is 5.09. The molecule has 12 heavy (non-hydrogen) atoms. The molecule has 0 bridgehead atoms. The Balaban J connectivity index is 1.71. The van der Waals surface area contributed by atoms with Gasteiger partial charge in [-0.3, -0.25) is 0 Å². The van der Waals surface area contributed by atoms with E-state index in [9.17, 15) is 0 Å². The molecule has 1 aromatic rings. The van der Waals surface area contributed by atoms with Crippen molar-refractivity contribution < 1.29 is 4.74 Å². The van der Waals surface area contributed by atoms with Crippen LogP contribution in [-0.2, 0) is 11.3 Å². The van der Waals surface area contributed by atoms with Crippen molar-refractivity contribution in [2.75, 3.05) is 6.61 Å². The van der Waals surface area contributed by atoms with Gasteiger partial charge in [-0.15, -0.1) is 10.2 Å². The predicted molar refractivity (Wildman–Crippen MR) is 47.3 cm³/mol. The van der Waals surface area contributed by atoms with E-state index in [2.05, 4.69) is 10.2 Å². The van der Waals surface area contributed by atoms with Crippen LogP contribution in [0.2, 0.25) is 4.47 Å². The standard InChI is InChI=1S/C7H9ClN2OS/c8-7-10-9-6(12-7)4-11-3-5-1-2-5/h5H,1-4H2. The molecule has 0 N–H and O–H groups in total. The fourth-order valence-corrected chi connectivity index (χ4v) is 1.69. The van der Waals surface area contributed by atoms with Crippen LogP contribution in [0.3, 0.4) is 0 Å². The summed E-state index contributed by atoms with van der Waals surface area (Å²) in [5.41, 5.74) is 0. The summed E-state index contributed by atoms with van der Waals surface area (Å²) in [5, 5.41) is 8.39. The first-order valence-electron chi connectivity index (χ1n) is 3.90. The monoisotopic (exact) mass is 204 g/mol. The van der Waals surface area contributed by atoms with Crippen LogP contribution in [0.1, 0.15) is 17.8 Å². The van der Waals surface area contributed by atoms with Gasteiger partial charge >= 0.3 is 0 Å². The zero-order chi connectivity index (χ0) is 8.39. The van der Waals surface area contributed by atoms with Crippen LogP contribution < -0.4 is 0 Å². The fourth-order valence-electron chi connectivity index (χ4n) is 0.889. The molecule has 5 heteroatoms. The highest BCUT2D eigenvalue weighted by Gasteiger charge is 2.21. The molecule has 0 amide bonds. The van der Waals surface area contributed by atoms with Gasteiger partial charge < -0.3 is 4.74 Å². The second-order valence-electron chi connectivity index (χ2n) is 2.91. The molecule has 1 aliphatic rings. The Morgan fingerprint density at radius 3 is 2.92 bits per heavy atom. The van der Waals surface area contributed by atoms with Crippen molar-refractivity contribution in [1.29, 1.82) is 0 Å². The number of rotatable bonds is 4. The minimum Gasteiger partial charge on any atom is -0.374 e. The van der Waals surface area contributed by atoms with Crippen molar-refractivity contribution in [3.8, 4) is 0 Å². The number of hydrogen-bond donors (Lipinski definition) is 0. The maximum atomic E-state index is 5.60. The molecule has 1 heterocycles. The number of hydrogen-bond acceptors (Lipinski definition) is 4. The van der Waals surface area contributed by atoms with E-state index in [1.807, 2.05) is 0 Å². The highest BCUT2D eigenvalue weighted by atomic mass is 35.5. The molecule has 0 saturated heterocycles. The first kappa shape index (κ1) is 8.41. The van der Waals surface area contributed by atoms with Gasteiger partial charge in [0.1, 0.15) is 11.6 Å². The number of nitrogens with zero attached hydrogens (tertiary/aromatic N) is 2. The Bertz CT molecular complexity index is 262. The van der Waals surface area contributed by atoms with E-state index in [-0.39, 0.29) is 0 Å². The number of aromatic nitrogens is 2. The van der Waals surface area contributed by atoms with Gasteiger partial charge in [0.05, 0.1) is 0 Å². The van der Waals surface area contributed by atoms with Gasteiger partial charge in [0, 0.05) is 6.61 Å². The Morgan fingerprint density at radius 2 is 2.33 bits per heavy atom. The topological polar surface area (TPSA) is 35.0 Å². The van der Waals surface area contributed by atoms with Crippen LogP contribution >= 0.6 is 22.9 Å². The second kappa shape index (κ2) is 3.68. The Morgan fingerprint density at radius 1 is 1.50 bits per heavy atom. The van der Waals surface area contributed by atoms with Gasteiger partial charge in [0.15, 0.2) is 0 Å². The minimum atomic E-state index is 0.486. The zero-order valence-electron chi connectivity index (χ0n) is 6.49. The van der Waals surface area contributed by atoms with E-state index in [0.29, 0.717) is 11.1 Å². The molecule has 0 aliphatic heterocycles. The molecule has 66 valence electrons. The fraction of sp³-hybridized carbons (Fsp3) is 0.714. The third-order valence-electron chi connectivity index (χ3n) is 1.72. The highest BCUT2D eigenvalue weighted by molar-refractivity contribution is 7.15. The molecule has 1 aliphatic carbocycles. The number of ether oxygens (including phenoxy) is 1. The van der Waals surface area contributed by atoms with E-state index in [1.54, 1.807) is 0 Å². The van der Waals surface area contributed by atoms with Crippen molar-refractivity contribution in [1.82, 2.24) is 10.2 Å². The molecule has 3 nitrogen and oxygen atoms in total. The molecule has 0 aromatic carbocycles. The molecule has 1 saturated carbocycles. The maximum Gasteiger partial charge on any atom is 0.207 e. The van der Waals surface area contributed by atoms with Gasteiger partial charge in [0.25, 0.3) is 0 Å². The molecule has 0 radical (unpaired) electrons. The second-order valence-corrected chi connectivity index (χ2v) is 4.55. The van der Waals surface area contributed by atoms with Crippen molar-refractivity contribution in [2.45, 2.75) is 19.4 Å². The third kappa shape index (κ3) is 2.40. The van der Waals surface area contributed by atoms with E-state index in [4.69, 9.17) is 16.3 Å². The van der Waals surface area contributed by atoms with E-state index in [1.165, 1.54) is 24.2 Å². The summed E-state index contributed by atoms with van der Waals surface area (Å²) in [4.78, 5) is 0. The minimum absolute atomic E-state index is 0.486. The molecule has 1 fully saturated rings. The quantitative estimate of drug-likeness (QED) is 0.754. The van der Waals surface area contributed by atoms with Crippen LogP contribution in [0.5, 0.6) is 0 Å². The summed E-state index contributed by atoms with van der Waals surface area (Å²) in [6.07, 6.45) is 2.63. The van der Waals surface area contributed by atoms with Crippen LogP contribution in [0.4, 0.5) is 0 Å². The highest BCUT2D eigenvalue weighted by Crippen LogP contribution is 2.29. The molecular weight excluding hydrogens is 196 g/mol. The molecular formula is C7H9ClN2OS.